The van der Waals surface area contributed by atoms with E-state index < -0.39 is 0 Å². The minimum atomic E-state index is 0.0577. The number of hydrogen-bond acceptors (Lipinski definition) is 6. The second kappa shape index (κ2) is 11.4. The standard InChI is InChI=1S/C30H34N6O/c1-21-8-13-26-27(18-21)34-30(31-2)35-28(26)33-19-22-9-11-25(12-10-22)36(20-23-6-4-3-5-7-23)29(37)24-14-16-32-17-15-24/h3-13,18,24,32H,14-17,19-20H2,1-2H3,(H2,31,33,34,35). The number of carbonyl (C=O) groups is 1. The number of rotatable bonds is 8. The lowest BCUT2D eigenvalue weighted by molar-refractivity contribution is -0.123. The molecule has 3 aromatic carbocycles. The van der Waals surface area contributed by atoms with Crippen molar-refractivity contribution < 1.29 is 4.79 Å². The van der Waals surface area contributed by atoms with Crippen LogP contribution in [0.3, 0.4) is 0 Å². The number of piperidine rings is 1. The summed E-state index contributed by atoms with van der Waals surface area (Å²) in [7, 11) is 1.83. The molecule has 1 aliphatic rings. The predicted molar refractivity (Wildman–Crippen MR) is 151 cm³/mol. The maximum absolute atomic E-state index is 13.6. The van der Waals surface area contributed by atoms with E-state index in [9.17, 15) is 4.79 Å². The van der Waals surface area contributed by atoms with Crippen LogP contribution in [0.15, 0.2) is 72.8 Å². The predicted octanol–water partition coefficient (Wildman–Crippen LogP) is 5.12. The van der Waals surface area contributed by atoms with Gasteiger partial charge in [-0.2, -0.15) is 4.98 Å². The molecule has 0 unspecified atom stereocenters. The third kappa shape index (κ3) is 5.89. The second-order valence-electron chi connectivity index (χ2n) is 9.62. The summed E-state index contributed by atoms with van der Waals surface area (Å²) in [4.78, 5) is 24.7. The molecule has 7 nitrogen and oxygen atoms in total. The van der Waals surface area contributed by atoms with Gasteiger partial charge in [0.05, 0.1) is 12.1 Å². The molecule has 5 rings (SSSR count). The number of anilines is 3. The van der Waals surface area contributed by atoms with Gasteiger partial charge in [-0.3, -0.25) is 4.79 Å². The van der Waals surface area contributed by atoms with Crippen molar-refractivity contribution in [3.05, 3.63) is 89.5 Å². The molecular weight excluding hydrogens is 460 g/mol. The van der Waals surface area contributed by atoms with Crippen LogP contribution in [0.1, 0.15) is 29.5 Å². The molecule has 1 amide bonds. The van der Waals surface area contributed by atoms with Gasteiger partial charge in [0.2, 0.25) is 11.9 Å². The van der Waals surface area contributed by atoms with E-state index in [1.54, 1.807) is 0 Å². The third-order valence-corrected chi connectivity index (χ3v) is 6.92. The first kappa shape index (κ1) is 24.7. The topological polar surface area (TPSA) is 82.2 Å². The average molecular weight is 495 g/mol. The van der Waals surface area contributed by atoms with Crippen molar-refractivity contribution in [2.24, 2.45) is 5.92 Å². The Morgan fingerprint density at radius 1 is 0.973 bits per heavy atom. The number of nitrogens with one attached hydrogen (secondary N) is 3. The van der Waals surface area contributed by atoms with Gasteiger partial charge < -0.3 is 20.9 Å². The van der Waals surface area contributed by atoms with Crippen LogP contribution in [0.5, 0.6) is 0 Å². The van der Waals surface area contributed by atoms with Gasteiger partial charge in [0.1, 0.15) is 5.82 Å². The molecule has 0 aliphatic carbocycles. The van der Waals surface area contributed by atoms with E-state index in [2.05, 4.69) is 87.4 Å². The first-order valence-corrected chi connectivity index (χ1v) is 13.0. The van der Waals surface area contributed by atoms with Crippen LogP contribution in [-0.4, -0.2) is 36.0 Å². The van der Waals surface area contributed by atoms with Crippen LogP contribution >= 0.6 is 0 Å². The molecule has 0 atom stereocenters. The normalized spacial score (nSPS) is 13.9. The molecule has 7 heteroatoms. The van der Waals surface area contributed by atoms with Crippen molar-refractivity contribution in [3.63, 3.8) is 0 Å². The van der Waals surface area contributed by atoms with E-state index in [-0.39, 0.29) is 11.8 Å². The van der Waals surface area contributed by atoms with Crippen molar-refractivity contribution >= 4 is 34.3 Å². The van der Waals surface area contributed by atoms with Gasteiger partial charge in [0, 0.05) is 30.6 Å². The average Bonchev–Trinajstić information content (AvgIpc) is 2.95. The fourth-order valence-electron chi connectivity index (χ4n) is 4.82. The first-order chi connectivity index (χ1) is 18.1. The quantitative estimate of drug-likeness (QED) is 0.315. The largest absolute Gasteiger partial charge is 0.365 e. The number of amides is 1. The number of aryl methyl sites for hydroxylation is 1. The fraction of sp³-hybridized carbons (Fsp3) is 0.300. The number of aromatic nitrogens is 2. The summed E-state index contributed by atoms with van der Waals surface area (Å²) in [5.74, 6) is 1.65. The SMILES string of the molecule is CNc1nc(NCc2ccc(N(Cc3ccccc3)C(=O)C3CCNCC3)cc2)c2ccc(C)cc2n1. The summed E-state index contributed by atoms with van der Waals surface area (Å²) in [6.07, 6.45) is 1.76. The van der Waals surface area contributed by atoms with Crippen LogP contribution in [0.4, 0.5) is 17.5 Å². The molecule has 1 saturated heterocycles. The van der Waals surface area contributed by atoms with Gasteiger partial charge in [0.25, 0.3) is 0 Å². The summed E-state index contributed by atoms with van der Waals surface area (Å²) >= 11 is 0. The second-order valence-corrected chi connectivity index (χ2v) is 9.62. The van der Waals surface area contributed by atoms with Crippen LogP contribution < -0.4 is 20.9 Å². The number of nitrogens with zero attached hydrogens (tertiary/aromatic N) is 3. The minimum absolute atomic E-state index is 0.0577. The first-order valence-electron chi connectivity index (χ1n) is 13.0. The van der Waals surface area contributed by atoms with Crippen molar-refractivity contribution in [1.82, 2.24) is 15.3 Å². The zero-order valence-corrected chi connectivity index (χ0v) is 21.5. The highest BCUT2D eigenvalue weighted by molar-refractivity contribution is 5.95. The van der Waals surface area contributed by atoms with Gasteiger partial charge >= 0.3 is 0 Å². The molecule has 37 heavy (non-hydrogen) atoms. The fourth-order valence-corrected chi connectivity index (χ4v) is 4.82. The Hall–Kier alpha value is -3.97. The Kier molecular flexibility index (Phi) is 7.61. The molecule has 4 aromatic rings. The summed E-state index contributed by atoms with van der Waals surface area (Å²) in [5, 5.41) is 10.9. The summed E-state index contributed by atoms with van der Waals surface area (Å²) < 4.78 is 0. The van der Waals surface area contributed by atoms with Gasteiger partial charge in [-0.15, -0.1) is 0 Å². The molecule has 3 N–H and O–H groups in total. The van der Waals surface area contributed by atoms with Crippen LogP contribution in [0.25, 0.3) is 10.9 Å². The maximum atomic E-state index is 13.6. The van der Waals surface area contributed by atoms with Crippen molar-refractivity contribution in [3.8, 4) is 0 Å². The van der Waals surface area contributed by atoms with Gasteiger partial charge in [-0.25, -0.2) is 4.98 Å². The molecule has 1 aromatic heterocycles. The molecule has 0 spiro atoms. The lowest BCUT2D eigenvalue weighted by Crippen LogP contribution is -2.40. The summed E-state index contributed by atoms with van der Waals surface area (Å²) in [6, 6.07) is 24.7. The van der Waals surface area contributed by atoms with Crippen LogP contribution in [-0.2, 0) is 17.9 Å². The lowest BCUT2D eigenvalue weighted by atomic mass is 9.96. The molecule has 1 fully saturated rings. The van der Waals surface area contributed by atoms with Gasteiger partial charge in [-0.05, 0) is 73.8 Å². The van der Waals surface area contributed by atoms with E-state index in [0.717, 1.165) is 65.0 Å². The highest BCUT2D eigenvalue weighted by Crippen LogP contribution is 2.26. The maximum Gasteiger partial charge on any atom is 0.230 e. The molecule has 190 valence electrons. The monoisotopic (exact) mass is 494 g/mol. The molecular formula is C30H34N6O. The lowest BCUT2D eigenvalue weighted by Gasteiger charge is -2.30. The van der Waals surface area contributed by atoms with Gasteiger partial charge in [-0.1, -0.05) is 48.5 Å². The van der Waals surface area contributed by atoms with E-state index in [4.69, 9.17) is 0 Å². The Morgan fingerprint density at radius 2 is 1.73 bits per heavy atom. The zero-order valence-electron chi connectivity index (χ0n) is 21.5. The smallest absolute Gasteiger partial charge is 0.230 e. The van der Waals surface area contributed by atoms with E-state index >= 15 is 0 Å². The number of benzene rings is 3. The summed E-state index contributed by atoms with van der Waals surface area (Å²) in [6.45, 7) is 5.04. The van der Waals surface area contributed by atoms with Gasteiger partial charge in [0.15, 0.2) is 0 Å². The number of hydrogen-bond donors (Lipinski definition) is 3. The van der Waals surface area contributed by atoms with Crippen molar-refractivity contribution in [2.75, 3.05) is 35.7 Å². The minimum Gasteiger partial charge on any atom is -0.365 e. The van der Waals surface area contributed by atoms with E-state index in [1.807, 2.05) is 30.1 Å². The Morgan fingerprint density at radius 3 is 2.46 bits per heavy atom. The van der Waals surface area contributed by atoms with E-state index in [1.165, 1.54) is 0 Å². The highest BCUT2D eigenvalue weighted by atomic mass is 16.2. The molecule has 0 saturated carbocycles. The third-order valence-electron chi connectivity index (χ3n) is 6.92. The zero-order chi connectivity index (χ0) is 25.6. The molecule has 0 bridgehead atoms. The van der Waals surface area contributed by atoms with Crippen LogP contribution in [0.2, 0.25) is 0 Å². The Balaban J connectivity index is 1.35. The Labute approximate surface area is 218 Å². The summed E-state index contributed by atoms with van der Waals surface area (Å²) in [5.41, 5.74) is 5.24. The molecule has 1 aliphatic heterocycles. The molecule has 2 heterocycles. The number of carbonyl (C=O) groups excluding carboxylic acids is 1. The number of fused-ring (bicyclic) bond motifs is 1. The van der Waals surface area contributed by atoms with Crippen molar-refractivity contribution in [1.29, 1.82) is 0 Å². The Bertz CT molecular complexity index is 1350. The van der Waals surface area contributed by atoms with E-state index in [0.29, 0.717) is 19.0 Å². The van der Waals surface area contributed by atoms with Crippen molar-refractivity contribution in [2.45, 2.75) is 32.9 Å². The highest BCUT2D eigenvalue weighted by Gasteiger charge is 2.27. The van der Waals surface area contributed by atoms with Crippen LogP contribution in [0, 0.1) is 12.8 Å². The molecule has 0 radical (unpaired) electrons.